The average Bonchev–Trinajstić information content (AvgIpc) is 3.19. The van der Waals surface area contributed by atoms with Gasteiger partial charge in [0.15, 0.2) is 0 Å². The van der Waals surface area contributed by atoms with Crippen molar-refractivity contribution in [3.63, 3.8) is 0 Å². The van der Waals surface area contributed by atoms with Crippen LogP contribution in [-0.2, 0) is 19.6 Å². The van der Waals surface area contributed by atoms with Gasteiger partial charge in [-0.3, -0.25) is 9.59 Å². The van der Waals surface area contributed by atoms with Crippen molar-refractivity contribution in [1.29, 1.82) is 0 Å². The number of fused-ring (bicyclic) bond motifs is 1. The van der Waals surface area contributed by atoms with Gasteiger partial charge in [-0.1, -0.05) is 38.1 Å². The minimum Gasteiger partial charge on any atom is -0.348 e. The number of carbonyl (C=O) groups excluding carboxylic acids is 2. The zero-order valence-electron chi connectivity index (χ0n) is 16.8. The predicted octanol–water partition coefficient (Wildman–Crippen LogP) is 3.48. The van der Waals surface area contributed by atoms with Gasteiger partial charge in [-0.05, 0) is 47.7 Å². The Bertz CT molecular complexity index is 841. The van der Waals surface area contributed by atoms with E-state index >= 15 is 0 Å². The molecule has 0 aliphatic carbocycles. The Labute approximate surface area is 167 Å². The molecule has 1 aliphatic rings. The van der Waals surface area contributed by atoms with Crippen LogP contribution in [0.25, 0.3) is 0 Å². The van der Waals surface area contributed by atoms with E-state index in [0.29, 0.717) is 17.7 Å². The van der Waals surface area contributed by atoms with Crippen LogP contribution in [0.4, 0.5) is 0 Å². The first-order chi connectivity index (χ1) is 13.6. The van der Waals surface area contributed by atoms with Crippen LogP contribution >= 0.6 is 0 Å². The third-order valence-electron chi connectivity index (χ3n) is 5.00. The molecule has 2 aromatic carbocycles. The summed E-state index contributed by atoms with van der Waals surface area (Å²) in [7, 11) is 0. The zero-order valence-corrected chi connectivity index (χ0v) is 16.8. The van der Waals surface area contributed by atoms with Crippen LogP contribution in [0.3, 0.4) is 0 Å². The number of hydrogen-bond donors (Lipinski definition) is 2. The fourth-order valence-corrected chi connectivity index (χ4v) is 3.57. The normalized spacial score (nSPS) is 12.5. The van der Waals surface area contributed by atoms with E-state index in [0.717, 1.165) is 44.6 Å². The first kappa shape index (κ1) is 20.1. The predicted molar refractivity (Wildman–Crippen MR) is 111 cm³/mol. The summed E-state index contributed by atoms with van der Waals surface area (Å²) in [5.41, 5.74) is 4.79. The van der Waals surface area contributed by atoms with E-state index in [2.05, 4.69) is 42.7 Å². The van der Waals surface area contributed by atoms with Gasteiger partial charge in [-0.2, -0.15) is 0 Å². The number of amides is 2. The zero-order chi connectivity index (χ0) is 19.9. The van der Waals surface area contributed by atoms with Crippen LogP contribution in [0, 0.1) is 0 Å². The minimum absolute atomic E-state index is 0.00975. The highest BCUT2D eigenvalue weighted by Crippen LogP contribution is 2.17. The van der Waals surface area contributed by atoms with Crippen molar-refractivity contribution in [2.24, 2.45) is 0 Å². The molecular weight excluding hydrogens is 350 g/mol. The van der Waals surface area contributed by atoms with Gasteiger partial charge in [0.2, 0.25) is 0 Å². The summed E-state index contributed by atoms with van der Waals surface area (Å²) in [4.78, 5) is 27.2. The summed E-state index contributed by atoms with van der Waals surface area (Å²) in [6.07, 6.45) is 1.84. The minimum atomic E-state index is -0.161. The maximum atomic E-state index is 12.8. The lowest BCUT2D eigenvalue weighted by atomic mass is 10.1. The first-order valence-electron chi connectivity index (χ1n) is 10.1. The van der Waals surface area contributed by atoms with Gasteiger partial charge < -0.3 is 15.5 Å². The van der Waals surface area contributed by atoms with E-state index in [1.54, 1.807) is 24.3 Å². The fourth-order valence-electron chi connectivity index (χ4n) is 3.57. The summed E-state index contributed by atoms with van der Waals surface area (Å²) in [5.74, 6) is -0.171. The van der Waals surface area contributed by atoms with Crippen molar-refractivity contribution in [2.75, 3.05) is 13.1 Å². The second-order valence-electron chi connectivity index (χ2n) is 7.26. The molecule has 1 aliphatic heterocycles. The number of rotatable bonds is 8. The lowest BCUT2D eigenvalue weighted by molar-refractivity contribution is 0.0755. The molecule has 148 valence electrons. The van der Waals surface area contributed by atoms with Gasteiger partial charge in [0.25, 0.3) is 11.8 Å². The van der Waals surface area contributed by atoms with Crippen molar-refractivity contribution in [2.45, 2.75) is 46.3 Å². The molecule has 5 nitrogen and oxygen atoms in total. The van der Waals surface area contributed by atoms with E-state index in [9.17, 15) is 9.59 Å². The van der Waals surface area contributed by atoms with Crippen molar-refractivity contribution in [3.8, 4) is 0 Å². The number of nitrogens with zero attached hydrogens (tertiary/aromatic N) is 1. The molecule has 0 fully saturated rings. The van der Waals surface area contributed by atoms with Gasteiger partial charge in [0.05, 0.1) is 0 Å². The molecule has 0 bridgehead atoms. The summed E-state index contributed by atoms with van der Waals surface area (Å²) >= 11 is 0. The topological polar surface area (TPSA) is 61.4 Å². The van der Waals surface area contributed by atoms with Crippen LogP contribution in [0.15, 0.2) is 42.5 Å². The van der Waals surface area contributed by atoms with E-state index in [-0.39, 0.29) is 11.8 Å². The van der Waals surface area contributed by atoms with Crippen molar-refractivity contribution in [1.82, 2.24) is 15.5 Å². The fraction of sp³-hybridized carbons (Fsp3) is 0.391. The quantitative estimate of drug-likeness (QED) is 0.738. The molecule has 0 radical (unpaired) electrons. The summed E-state index contributed by atoms with van der Waals surface area (Å²) in [6, 6.07) is 13.3. The second-order valence-corrected chi connectivity index (χ2v) is 7.26. The average molecular weight is 380 g/mol. The smallest absolute Gasteiger partial charge is 0.253 e. The maximum Gasteiger partial charge on any atom is 0.253 e. The van der Waals surface area contributed by atoms with E-state index in [1.807, 2.05) is 4.90 Å². The van der Waals surface area contributed by atoms with Crippen LogP contribution in [0.1, 0.15) is 64.1 Å². The SMILES string of the molecule is CCCN(CCC)C(=O)c1cccc(C(=O)NCc2ccc3c(c2)CNC3)c1. The largest absolute Gasteiger partial charge is 0.348 e. The lowest BCUT2D eigenvalue weighted by Crippen LogP contribution is -2.32. The van der Waals surface area contributed by atoms with Gasteiger partial charge in [0.1, 0.15) is 0 Å². The molecule has 0 saturated heterocycles. The van der Waals surface area contributed by atoms with Gasteiger partial charge in [-0.15, -0.1) is 0 Å². The van der Waals surface area contributed by atoms with Crippen LogP contribution < -0.4 is 10.6 Å². The Hall–Kier alpha value is -2.66. The Kier molecular flexibility index (Phi) is 6.82. The van der Waals surface area contributed by atoms with E-state index < -0.39 is 0 Å². The maximum absolute atomic E-state index is 12.8. The number of carbonyl (C=O) groups is 2. The molecule has 2 amide bonds. The molecule has 0 aromatic heterocycles. The third-order valence-corrected chi connectivity index (χ3v) is 5.00. The highest BCUT2D eigenvalue weighted by molar-refractivity contribution is 5.99. The molecular formula is C23H29N3O2. The van der Waals surface area contributed by atoms with E-state index in [4.69, 9.17) is 0 Å². The Morgan fingerprint density at radius 2 is 1.68 bits per heavy atom. The highest BCUT2D eigenvalue weighted by Gasteiger charge is 2.16. The first-order valence-corrected chi connectivity index (χ1v) is 10.1. The van der Waals surface area contributed by atoms with Gasteiger partial charge in [-0.25, -0.2) is 0 Å². The molecule has 3 rings (SSSR count). The third kappa shape index (κ3) is 4.78. The van der Waals surface area contributed by atoms with Gasteiger partial charge in [0, 0.05) is 43.9 Å². The number of benzene rings is 2. The number of hydrogen-bond acceptors (Lipinski definition) is 3. The summed E-state index contributed by atoms with van der Waals surface area (Å²) in [6.45, 7) is 7.86. The second kappa shape index (κ2) is 9.51. The van der Waals surface area contributed by atoms with Crippen LogP contribution in [0.2, 0.25) is 0 Å². The lowest BCUT2D eigenvalue weighted by Gasteiger charge is -2.21. The summed E-state index contributed by atoms with van der Waals surface area (Å²) < 4.78 is 0. The Balaban J connectivity index is 1.65. The van der Waals surface area contributed by atoms with Crippen LogP contribution in [-0.4, -0.2) is 29.8 Å². The van der Waals surface area contributed by atoms with Crippen LogP contribution in [0.5, 0.6) is 0 Å². The monoisotopic (exact) mass is 379 g/mol. The Morgan fingerprint density at radius 3 is 2.43 bits per heavy atom. The molecule has 0 saturated carbocycles. The van der Waals surface area contributed by atoms with Crippen molar-refractivity contribution < 1.29 is 9.59 Å². The molecule has 5 heteroatoms. The number of nitrogens with one attached hydrogen (secondary N) is 2. The van der Waals surface area contributed by atoms with Crippen molar-refractivity contribution in [3.05, 3.63) is 70.3 Å². The highest BCUT2D eigenvalue weighted by atomic mass is 16.2. The molecule has 0 atom stereocenters. The summed E-state index contributed by atoms with van der Waals surface area (Å²) in [5, 5.41) is 6.29. The molecule has 28 heavy (non-hydrogen) atoms. The van der Waals surface area contributed by atoms with Gasteiger partial charge >= 0.3 is 0 Å². The molecule has 0 spiro atoms. The Morgan fingerprint density at radius 1 is 0.964 bits per heavy atom. The van der Waals surface area contributed by atoms with Crippen molar-refractivity contribution >= 4 is 11.8 Å². The molecule has 2 N–H and O–H groups in total. The molecule has 0 unspecified atom stereocenters. The molecule has 1 heterocycles. The standard InChI is InChI=1S/C23H29N3O2/c1-3-10-26(11-4-2)23(28)19-7-5-6-18(13-19)22(27)25-14-17-8-9-20-15-24-16-21(20)12-17/h5-9,12-13,24H,3-4,10-11,14-16H2,1-2H3,(H,25,27). The van der Waals surface area contributed by atoms with E-state index in [1.165, 1.54) is 11.1 Å². The molecule has 2 aromatic rings.